The molecule has 2 saturated heterocycles. The lowest BCUT2D eigenvalue weighted by molar-refractivity contribution is -0.0799. The molecular weight excluding hydrogens is 536 g/mol. The van der Waals surface area contributed by atoms with Crippen molar-refractivity contribution >= 4 is 28.0 Å². The Morgan fingerprint density at radius 3 is 2.74 bits per heavy atom. The number of fused-ring (bicyclic) bond motifs is 2. The van der Waals surface area contributed by atoms with Crippen LogP contribution in [0, 0.1) is 5.92 Å². The number of carbonyl (C=O) groups excluding carboxylic acids is 1. The van der Waals surface area contributed by atoms with Crippen LogP contribution in [0.5, 0.6) is 11.6 Å². The molecule has 0 bridgehead atoms. The maximum absolute atomic E-state index is 12.7. The monoisotopic (exact) mass is 576 g/mol. The fraction of sp³-hybridized carbons (Fsp3) is 0.469. The van der Waals surface area contributed by atoms with Crippen molar-refractivity contribution in [2.24, 2.45) is 5.92 Å². The summed E-state index contributed by atoms with van der Waals surface area (Å²) >= 11 is 0. The van der Waals surface area contributed by atoms with Crippen LogP contribution >= 0.6 is 0 Å². The molecule has 10 heteroatoms. The molecule has 2 aliphatic heterocycles. The summed E-state index contributed by atoms with van der Waals surface area (Å²) in [5.41, 5.74) is 2.61. The Kier molecular flexibility index (Phi) is 8.39. The van der Waals surface area contributed by atoms with E-state index in [-0.39, 0.29) is 18.0 Å². The number of piperidine rings is 2. The normalized spacial score (nSPS) is 23.3. The minimum atomic E-state index is -0.698. The molecule has 0 saturated carbocycles. The number of aliphatic hydroxyl groups excluding tert-OH is 2. The molecule has 1 amide bonds. The Morgan fingerprint density at radius 1 is 1.12 bits per heavy atom. The van der Waals surface area contributed by atoms with Crippen LogP contribution in [-0.2, 0) is 6.61 Å². The van der Waals surface area contributed by atoms with Crippen molar-refractivity contribution in [3.05, 3.63) is 60.4 Å². The van der Waals surface area contributed by atoms with E-state index in [1.54, 1.807) is 12.3 Å². The Labute approximate surface area is 245 Å². The second kappa shape index (κ2) is 12.3. The van der Waals surface area contributed by atoms with E-state index < -0.39 is 18.3 Å². The summed E-state index contributed by atoms with van der Waals surface area (Å²) in [6.45, 7) is 8.45. The van der Waals surface area contributed by atoms with Gasteiger partial charge in [-0.3, -0.25) is 4.90 Å². The van der Waals surface area contributed by atoms with E-state index in [0.717, 1.165) is 66.5 Å². The maximum atomic E-state index is 12.7. The molecule has 2 aliphatic rings. The van der Waals surface area contributed by atoms with Gasteiger partial charge in [0, 0.05) is 67.2 Å². The molecule has 6 rings (SSSR count). The van der Waals surface area contributed by atoms with Gasteiger partial charge in [0.05, 0.1) is 24.0 Å². The molecular formula is C32H40N4O6. The summed E-state index contributed by atoms with van der Waals surface area (Å²) in [7, 11) is 0. The highest BCUT2D eigenvalue weighted by atomic mass is 16.6. The number of H-pyrrole nitrogens is 1. The lowest BCUT2D eigenvalue weighted by atomic mass is 9.93. The number of likely N-dealkylation sites (tertiary alicyclic amines) is 2. The lowest BCUT2D eigenvalue weighted by Crippen LogP contribution is -2.56. The number of amides is 1. The van der Waals surface area contributed by atoms with Crippen LogP contribution in [0.2, 0.25) is 0 Å². The predicted octanol–water partition coefficient (Wildman–Crippen LogP) is 4.11. The van der Waals surface area contributed by atoms with Gasteiger partial charge in [-0.15, -0.1) is 0 Å². The Hall–Kier alpha value is -3.57. The number of rotatable bonds is 8. The zero-order valence-electron chi connectivity index (χ0n) is 24.2. The highest BCUT2D eigenvalue weighted by Gasteiger charge is 2.34. The SMILES string of the molecule is CC1CN(C(C)CN2CCC(NC(=O)Oc3cc4c(OCc5coc6ccccc56)cccc4[nH]3)CC2)CC(O)C1O. The smallest absolute Gasteiger partial charge is 0.414 e. The third kappa shape index (κ3) is 6.27. The summed E-state index contributed by atoms with van der Waals surface area (Å²) in [5.74, 6) is 1.11. The number of hydrogen-bond acceptors (Lipinski definition) is 8. The Morgan fingerprint density at radius 2 is 1.93 bits per heavy atom. The third-order valence-electron chi connectivity index (χ3n) is 8.72. The molecule has 4 N–H and O–H groups in total. The molecule has 4 heterocycles. The van der Waals surface area contributed by atoms with Crippen molar-refractivity contribution in [1.82, 2.24) is 20.1 Å². The van der Waals surface area contributed by atoms with Crippen LogP contribution < -0.4 is 14.8 Å². The Balaban J connectivity index is 0.984. The summed E-state index contributed by atoms with van der Waals surface area (Å²) in [6, 6.07) is 15.7. The van der Waals surface area contributed by atoms with E-state index in [2.05, 4.69) is 27.0 Å². The molecule has 224 valence electrons. The van der Waals surface area contributed by atoms with Gasteiger partial charge in [0.15, 0.2) is 0 Å². The molecule has 42 heavy (non-hydrogen) atoms. The highest BCUT2D eigenvalue weighted by molar-refractivity contribution is 5.88. The number of para-hydroxylation sites is 1. The van der Waals surface area contributed by atoms with Crippen molar-refractivity contribution in [1.29, 1.82) is 0 Å². The second-order valence-corrected chi connectivity index (χ2v) is 11.8. The largest absolute Gasteiger partial charge is 0.488 e. The van der Waals surface area contributed by atoms with Gasteiger partial charge in [-0.05, 0) is 43.9 Å². The van der Waals surface area contributed by atoms with E-state index in [4.69, 9.17) is 13.9 Å². The predicted molar refractivity (Wildman–Crippen MR) is 160 cm³/mol. The first-order valence-corrected chi connectivity index (χ1v) is 14.8. The summed E-state index contributed by atoms with van der Waals surface area (Å²) in [5, 5.41) is 25.1. The van der Waals surface area contributed by atoms with Gasteiger partial charge in [-0.2, -0.15) is 0 Å². The average molecular weight is 577 g/mol. The summed E-state index contributed by atoms with van der Waals surface area (Å²) in [6.07, 6.45) is 1.58. The van der Waals surface area contributed by atoms with Gasteiger partial charge in [-0.25, -0.2) is 4.79 Å². The molecule has 0 aliphatic carbocycles. The van der Waals surface area contributed by atoms with Crippen molar-refractivity contribution < 1.29 is 28.9 Å². The number of nitrogens with zero attached hydrogens (tertiary/aromatic N) is 2. The molecule has 2 fully saturated rings. The first-order chi connectivity index (χ1) is 20.3. The number of aliphatic hydroxyl groups is 2. The minimum absolute atomic E-state index is 0.0455. The molecule has 2 aromatic carbocycles. The first-order valence-electron chi connectivity index (χ1n) is 14.8. The molecule has 4 atom stereocenters. The van der Waals surface area contributed by atoms with Crippen molar-refractivity contribution in [2.75, 3.05) is 32.7 Å². The molecule has 0 radical (unpaired) electrons. The molecule has 4 unspecified atom stereocenters. The number of ether oxygens (including phenoxy) is 2. The van der Waals surface area contributed by atoms with Crippen LogP contribution in [0.25, 0.3) is 21.9 Å². The van der Waals surface area contributed by atoms with Crippen LogP contribution in [-0.4, -0.2) is 88.1 Å². The van der Waals surface area contributed by atoms with Crippen molar-refractivity contribution in [3.63, 3.8) is 0 Å². The second-order valence-electron chi connectivity index (χ2n) is 11.8. The van der Waals surface area contributed by atoms with Gasteiger partial charge in [0.1, 0.15) is 17.9 Å². The van der Waals surface area contributed by atoms with Gasteiger partial charge < -0.3 is 39.3 Å². The highest BCUT2D eigenvalue weighted by Crippen LogP contribution is 2.31. The number of aromatic amines is 1. The average Bonchev–Trinajstić information content (AvgIpc) is 3.59. The standard InChI is InChI=1S/C32H40N4O6/c1-20-15-36(17-27(37)31(20)38)21(2)16-35-12-10-23(11-13-35)33-32(39)42-30-14-25-26(34-30)7-5-9-29(25)41-19-22-18-40-28-8-4-3-6-24(22)28/h3-9,14,18,20-21,23,27,31,34,37-38H,10-13,15-17,19H2,1-2H3,(H,33,39). The van der Waals surface area contributed by atoms with E-state index in [0.29, 0.717) is 24.8 Å². The number of aromatic nitrogens is 1. The van der Waals surface area contributed by atoms with E-state index in [1.807, 2.05) is 49.4 Å². The number of nitrogens with one attached hydrogen (secondary N) is 2. The zero-order chi connectivity index (χ0) is 29.2. The number of carbonyl (C=O) groups is 1. The number of hydrogen-bond donors (Lipinski definition) is 4. The van der Waals surface area contributed by atoms with E-state index >= 15 is 0 Å². The number of benzene rings is 2. The Bertz CT molecular complexity index is 1500. The van der Waals surface area contributed by atoms with E-state index in [1.165, 1.54) is 0 Å². The minimum Gasteiger partial charge on any atom is -0.488 e. The zero-order valence-corrected chi connectivity index (χ0v) is 24.2. The van der Waals surface area contributed by atoms with Crippen LogP contribution in [0.4, 0.5) is 4.79 Å². The molecule has 2 aromatic heterocycles. The fourth-order valence-corrected chi connectivity index (χ4v) is 6.27. The van der Waals surface area contributed by atoms with Crippen LogP contribution in [0.1, 0.15) is 32.3 Å². The quantitative estimate of drug-likeness (QED) is 0.247. The number of furan rings is 1. The van der Waals surface area contributed by atoms with Gasteiger partial charge in [0.2, 0.25) is 5.88 Å². The molecule has 0 spiro atoms. The van der Waals surface area contributed by atoms with Crippen LogP contribution in [0.15, 0.2) is 59.2 Å². The van der Waals surface area contributed by atoms with Gasteiger partial charge in [0.25, 0.3) is 0 Å². The summed E-state index contributed by atoms with van der Waals surface area (Å²) in [4.78, 5) is 20.6. The van der Waals surface area contributed by atoms with E-state index in [9.17, 15) is 15.0 Å². The van der Waals surface area contributed by atoms with Crippen molar-refractivity contribution in [2.45, 2.75) is 57.6 Å². The van der Waals surface area contributed by atoms with Crippen molar-refractivity contribution in [3.8, 4) is 11.6 Å². The maximum Gasteiger partial charge on any atom is 0.414 e. The number of β-amino-alcohol motifs (C(OH)–C–C–N with tert-alkyl or cyclic N) is 1. The topological polar surface area (TPSA) is 123 Å². The summed E-state index contributed by atoms with van der Waals surface area (Å²) < 4.78 is 17.4. The molecule has 4 aromatic rings. The first kappa shape index (κ1) is 28.5. The van der Waals surface area contributed by atoms with Crippen LogP contribution in [0.3, 0.4) is 0 Å². The molecule has 10 nitrogen and oxygen atoms in total. The third-order valence-corrected chi connectivity index (χ3v) is 8.72. The van der Waals surface area contributed by atoms with Gasteiger partial charge in [-0.1, -0.05) is 31.2 Å². The fourth-order valence-electron chi connectivity index (χ4n) is 6.27. The van der Waals surface area contributed by atoms with Gasteiger partial charge >= 0.3 is 6.09 Å². The lowest BCUT2D eigenvalue weighted by Gasteiger charge is -2.43.